The van der Waals surface area contributed by atoms with Gasteiger partial charge in [0.25, 0.3) is 0 Å². The molecule has 14 heavy (non-hydrogen) atoms. The third-order valence-corrected chi connectivity index (χ3v) is 2.05. The molecule has 3 nitrogen and oxygen atoms in total. The smallest absolute Gasteiger partial charge is 0.0529 e. The lowest BCUT2D eigenvalue weighted by atomic mass is 10.3. The van der Waals surface area contributed by atoms with E-state index in [-0.39, 0.29) is 0 Å². The molecule has 2 rings (SSSR count). The molecular weight excluding hydrogens is 174 g/mol. The Hall–Kier alpha value is -1.77. The van der Waals surface area contributed by atoms with Gasteiger partial charge < -0.3 is 9.88 Å². The average Bonchev–Trinajstić information content (AvgIpc) is 2.63. The van der Waals surface area contributed by atoms with Crippen molar-refractivity contribution in [1.82, 2.24) is 9.55 Å². The van der Waals surface area contributed by atoms with E-state index in [1.54, 1.807) is 6.20 Å². The zero-order chi connectivity index (χ0) is 9.80. The molecule has 0 aromatic carbocycles. The third-order valence-electron chi connectivity index (χ3n) is 2.05. The first-order valence-corrected chi connectivity index (χ1v) is 4.59. The molecule has 0 aliphatic heterocycles. The summed E-state index contributed by atoms with van der Waals surface area (Å²) in [4.78, 5) is 4.03. The van der Waals surface area contributed by atoms with Crippen molar-refractivity contribution in [3.63, 3.8) is 0 Å². The van der Waals surface area contributed by atoms with Gasteiger partial charge in [-0.2, -0.15) is 0 Å². The highest BCUT2D eigenvalue weighted by Crippen LogP contribution is 2.06. The molecule has 2 aromatic heterocycles. The van der Waals surface area contributed by atoms with E-state index in [2.05, 4.69) is 22.6 Å². The van der Waals surface area contributed by atoms with Crippen LogP contribution >= 0.6 is 0 Å². The van der Waals surface area contributed by atoms with Crippen molar-refractivity contribution in [2.75, 3.05) is 5.32 Å². The van der Waals surface area contributed by atoms with Crippen molar-refractivity contribution in [3.05, 3.63) is 48.5 Å². The molecule has 72 valence electrons. The van der Waals surface area contributed by atoms with Crippen LogP contribution in [0.3, 0.4) is 0 Å². The van der Waals surface area contributed by atoms with Crippen LogP contribution in [0, 0.1) is 0 Å². The number of nitrogens with one attached hydrogen (secondary N) is 1. The van der Waals surface area contributed by atoms with Gasteiger partial charge >= 0.3 is 0 Å². The van der Waals surface area contributed by atoms with Crippen molar-refractivity contribution in [1.29, 1.82) is 0 Å². The fraction of sp³-hybridized carbons (Fsp3) is 0.182. The van der Waals surface area contributed by atoms with E-state index in [0.29, 0.717) is 0 Å². The summed E-state index contributed by atoms with van der Waals surface area (Å²) in [6.45, 7) is 0.840. The van der Waals surface area contributed by atoms with Crippen molar-refractivity contribution in [2.45, 2.75) is 6.54 Å². The Balaban J connectivity index is 1.95. The van der Waals surface area contributed by atoms with Crippen LogP contribution in [-0.2, 0) is 13.6 Å². The molecule has 0 saturated carbocycles. The molecule has 2 aromatic rings. The number of anilines is 1. The maximum atomic E-state index is 4.03. The molecule has 3 heteroatoms. The summed E-state index contributed by atoms with van der Waals surface area (Å²) in [5.74, 6) is 0. The summed E-state index contributed by atoms with van der Waals surface area (Å²) < 4.78 is 2.04. The van der Waals surface area contributed by atoms with Gasteiger partial charge in [0.05, 0.1) is 5.69 Å². The second kappa shape index (κ2) is 3.96. The van der Waals surface area contributed by atoms with Crippen LogP contribution in [0.4, 0.5) is 5.69 Å². The Morgan fingerprint density at radius 3 is 3.00 bits per heavy atom. The largest absolute Gasteiger partial charge is 0.380 e. The zero-order valence-corrected chi connectivity index (χ0v) is 8.14. The lowest BCUT2D eigenvalue weighted by Gasteiger charge is -2.02. The molecule has 2 heterocycles. The van der Waals surface area contributed by atoms with E-state index >= 15 is 0 Å². The van der Waals surface area contributed by atoms with Gasteiger partial charge in [-0.1, -0.05) is 0 Å². The van der Waals surface area contributed by atoms with Crippen molar-refractivity contribution in [3.8, 4) is 0 Å². The van der Waals surface area contributed by atoms with Crippen LogP contribution in [0.5, 0.6) is 0 Å². The monoisotopic (exact) mass is 187 g/mol. The summed E-state index contributed by atoms with van der Waals surface area (Å²) in [5.41, 5.74) is 2.33. The summed E-state index contributed by atoms with van der Waals surface area (Å²) in [6.07, 6.45) is 7.74. The molecular formula is C11H13N3. The Morgan fingerprint density at radius 1 is 1.43 bits per heavy atom. The van der Waals surface area contributed by atoms with E-state index in [4.69, 9.17) is 0 Å². The number of hydrogen-bond donors (Lipinski definition) is 1. The first-order valence-electron chi connectivity index (χ1n) is 4.59. The van der Waals surface area contributed by atoms with E-state index < -0.39 is 0 Å². The fourth-order valence-electron chi connectivity index (χ4n) is 1.34. The highest BCUT2D eigenvalue weighted by atomic mass is 14.9. The average molecular weight is 187 g/mol. The molecule has 0 spiro atoms. The van der Waals surface area contributed by atoms with Crippen molar-refractivity contribution < 1.29 is 0 Å². The first kappa shape index (κ1) is 8.81. The molecule has 0 unspecified atom stereocenters. The minimum absolute atomic E-state index is 0.840. The molecule has 0 aliphatic rings. The highest BCUT2D eigenvalue weighted by molar-refractivity contribution is 5.40. The van der Waals surface area contributed by atoms with Gasteiger partial charge in [0.15, 0.2) is 0 Å². The maximum absolute atomic E-state index is 4.03. The Bertz CT molecular complexity index is 392. The van der Waals surface area contributed by atoms with Gasteiger partial charge in [-0.25, -0.2) is 0 Å². The van der Waals surface area contributed by atoms with E-state index in [0.717, 1.165) is 12.2 Å². The van der Waals surface area contributed by atoms with Gasteiger partial charge in [0.1, 0.15) is 0 Å². The summed E-state index contributed by atoms with van der Waals surface area (Å²) in [7, 11) is 2.02. The van der Waals surface area contributed by atoms with Gasteiger partial charge in [-0.05, 0) is 23.8 Å². The minimum atomic E-state index is 0.840. The third kappa shape index (κ3) is 2.13. The van der Waals surface area contributed by atoms with Crippen molar-refractivity contribution in [2.24, 2.45) is 7.05 Å². The SMILES string of the molecule is Cn1ccc(CNc2cccnc2)c1. The normalized spacial score (nSPS) is 10.1. The van der Waals surface area contributed by atoms with Crippen LogP contribution in [-0.4, -0.2) is 9.55 Å². The number of rotatable bonds is 3. The second-order valence-corrected chi connectivity index (χ2v) is 3.28. The summed E-state index contributed by atoms with van der Waals surface area (Å²) >= 11 is 0. The van der Waals surface area contributed by atoms with Gasteiger partial charge in [0, 0.05) is 38.4 Å². The molecule has 1 N–H and O–H groups in total. The van der Waals surface area contributed by atoms with E-state index in [9.17, 15) is 0 Å². The lowest BCUT2D eigenvalue weighted by Crippen LogP contribution is -1.98. The van der Waals surface area contributed by atoms with Gasteiger partial charge in [0.2, 0.25) is 0 Å². The number of hydrogen-bond acceptors (Lipinski definition) is 2. The minimum Gasteiger partial charge on any atom is -0.380 e. The van der Waals surface area contributed by atoms with Crippen LogP contribution in [0.15, 0.2) is 43.0 Å². The van der Waals surface area contributed by atoms with Crippen LogP contribution < -0.4 is 5.32 Å². The van der Waals surface area contributed by atoms with Crippen LogP contribution in [0.25, 0.3) is 0 Å². The van der Waals surface area contributed by atoms with Crippen LogP contribution in [0.2, 0.25) is 0 Å². The Kier molecular flexibility index (Phi) is 2.49. The summed E-state index contributed by atoms with van der Waals surface area (Å²) in [5, 5.41) is 3.30. The number of nitrogens with zero attached hydrogens (tertiary/aromatic N) is 2. The van der Waals surface area contributed by atoms with Crippen LogP contribution in [0.1, 0.15) is 5.56 Å². The number of aromatic nitrogens is 2. The molecule has 0 aliphatic carbocycles. The quantitative estimate of drug-likeness (QED) is 0.796. The predicted octanol–water partition coefficient (Wildman–Crippen LogP) is 2.03. The molecule has 0 atom stereocenters. The topological polar surface area (TPSA) is 29.9 Å². The summed E-state index contributed by atoms with van der Waals surface area (Å²) in [6, 6.07) is 6.03. The molecule has 0 bridgehead atoms. The van der Waals surface area contributed by atoms with Crippen molar-refractivity contribution >= 4 is 5.69 Å². The second-order valence-electron chi connectivity index (χ2n) is 3.28. The number of pyridine rings is 1. The Labute approximate surface area is 83.4 Å². The Morgan fingerprint density at radius 2 is 2.36 bits per heavy atom. The zero-order valence-electron chi connectivity index (χ0n) is 8.14. The standard InChI is InChI=1S/C11H13N3/c1-14-6-4-10(9-14)7-13-11-3-2-5-12-8-11/h2-6,8-9,13H,7H2,1H3. The fourth-order valence-corrected chi connectivity index (χ4v) is 1.34. The van der Waals surface area contributed by atoms with Gasteiger partial charge in [-0.15, -0.1) is 0 Å². The first-order chi connectivity index (χ1) is 6.84. The van der Waals surface area contributed by atoms with E-state index in [1.807, 2.05) is 36.1 Å². The lowest BCUT2D eigenvalue weighted by molar-refractivity contribution is 0.920. The van der Waals surface area contributed by atoms with E-state index in [1.165, 1.54) is 5.56 Å². The highest BCUT2D eigenvalue weighted by Gasteiger charge is 1.94. The van der Waals surface area contributed by atoms with Gasteiger partial charge in [-0.3, -0.25) is 4.98 Å². The molecule has 0 amide bonds. The molecule has 0 fully saturated rings. The molecule has 0 saturated heterocycles. The maximum Gasteiger partial charge on any atom is 0.0529 e. The predicted molar refractivity (Wildman–Crippen MR) is 57.0 cm³/mol. The number of aryl methyl sites for hydroxylation is 1. The molecule has 0 radical (unpaired) electrons.